The van der Waals surface area contributed by atoms with Gasteiger partial charge in [0.15, 0.2) is 0 Å². The normalized spacial score (nSPS) is 17.6. The Morgan fingerprint density at radius 1 is 0.636 bits per heavy atom. The van der Waals surface area contributed by atoms with E-state index < -0.39 is 7.92 Å². The lowest BCUT2D eigenvalue weighted by molar-refractivity contribution is -0.120. The molecule has 0 saturated carbocycles. The first-order chi connectivity index (χ1) is 15.8. The second-order valence-corrected chi connectivity index (χ2v) is 13.6. The van der Waals surface area contributed by atoms with E-state index in [4.69, 9.17) is 0 Å². The van der Waals surface area contributed by atoms with Crippen LogP contribution in [0, 0.1) is 0 Å². The summed E-state index contributed by atoms with van der Waals surface area (Å²) in [5.41, 5.74) is 2.66. The minimum absolute atomic E-state index is 0.0318. The molecule has 0 amide bonds. The van der Waals surface area contributed by atoms with Crippen LogP contribution in [-0.2, 0) is 4.79 Å². The molecule has 1 nitrogen and oxygen atoms in total. The number of rotatable bonds is 2. The minimum atomic E-state index is -0.574. The third-order valence-electron chi connectivity index (χ3n) is 6.68. The molecule has 1 aliphatic heterocycles. The highest BCUT2D eigenvalue weighted by atomic mass is 31.1. The number of ketones is 1. The Morgan fingerprint density at radius 3 is 1.79 bits per heavy atom. The summed E-state index contributed by atoms with van der Waals surface area (Å²) in [5, 5.41) is 6.51. The fraction of sp³-hybridized carbons (Fsp3) is 0.323. The first kappa shape index (κ1) is 23.7. The predicted octanol–water partition coefficient (Wildman–Crippen LogP) is 8.71. The maximum absolute atomic E-state index is 12.6. The fourth-order valence-electron chi connectivity index (χ4n) is 5.83. The molecule has 0 N–H and O–H groups in total. The van der Waals surface area contributed by atoms with E-state index in [0.29, 0.717) is 18.6 Å². The van der Waals surface area contributed by atoms with Crippen LogP contribution in [0.15, 0.2) is 78.9 Å². The van der Waals surface area contributed by atoms with Crippen LogP contribution in [0.5, 0.6) is 0 Å². The molecular weight excluding hydrogens is 419 g/mol. The highest BCUT2D eigenvalue weighted by Gasteiger charge is 2.48. The Kier molecular flexibility index (Phi) is 6.47. The van der Waals surface area contributed by atoms with E-state index in [1.165, 1.54) is 38.0 Å². The van der Waals surface area contributed by atoms with Crippen molar-refractivity contribution in [3.8, 4) is 11.1 Å². The quantitative estimate of drug-likeness (QED) is 0.277. The molecule has 1 heterocycles. The number of carbonyl (C=O) groups excluding carboxylic acids is 1. The monoisotopic (exact) mass is 454 g/mol. The Hall–Kier alpha value is -2.50. The van der Waals surface area contributed by atoms with Gasteiger partial charge < -0.3 is 0 Å². The summed E-state index contributed by atoms with van der Waals surface area (Å²) in [7, 11) is -0.574. The molecule has 1 fully saturated rings. The van der Waals surface area contributed by atoms with Gasteiger partial charge in [-0.1, -0.05) is 128 Å². The smallest absolute Gasteiger partial charge is 0.134 e. The Bertz CT molecular complexity index is 1290. The minimum Gasteiger partial charge on any atom is -0.300 e. The van der Waals surface area contributed by atoms with Crippen molar-refractivity contribution in [2.45, 2.75) is 64.7 Å². The van der Waals surface area contributed by atoms with Gasteiger partial charge in [-0.25, -0.2) is 0 Å². The number of hydrogen-bond acceptors (Lipinski definition) is 1. The summed E-state index contributed by atoms with van der Waals surface area (Å²) in [6.45, 7) is 13.2. The van der Waals surface area contributed by atoms with E-state index >= 15 is 0 Å². The van der Waals surface area contributed by atoms with E-state index in [1.54, 1.807) is 0 Å². The average Bonchev–Trinajstić information content (AvgIpc) is 2.78. The van der Waals surface area contributed by atoms with E-state index in [-0.39, 0.29) is 10.3 Å². The molecule has 0 spiro atoms. The third-order valence-corrected chi connectivity index (χ3v) is 10.3. The van der Waals surface area contributed by atoms with E-state index in [1.807, 2.05) is 13.8 Å². The van der Waals surface area contributed by atoms with Gasteiger partial charge in [-0.3, -0.25) is 4.79 Å². The number of Topliss-reactive ketones (excluding diaryl/α,β-unsaturated/α-hetero) is 1. The van der Waals surface area contributed by atoms with Crippen molar-refractivity contribution in [2.75, 3.05) is 0 Å². The number of benzene rings is 4. The molecule has 1 aliphatic rings. The second kappa shape index (κ2) is 9.03. The van der Waals surface area contributed by atoms with Crippen molar-refractivity contribution < 1.29 is 4.79 Å². The summed E-state index contributed by atoms with van der Waals surface area (Å²) >= 11 is 0. The molecule has 4 aromatic rings. The molecule has 0 unspecified atom stereocenters. The summed E-state index contributed by atoms with van der Waals surface area (Å²) < 4.78 is 0. The summed E-state index contributed by atoms with van der Waals surface area (Å²) in [6, 6.07) is 28.7. The van der Waals surface area contributed by atoms with Gasteiger partial charge in [0.05, 0.1) is 0 Å². The van der Waals surface area contributed by atoms with Crippen LogP contribution in [0.25, 0.3) is 32.7 Å². The number of carbonyl (C=O) groups is 1. The van der Waals surface area contributed by atoms with Crippen molar-refractivity contribution in [1.82, 2.24) is 0 Å². The molecule has 0 aliphatic carbocycles. The standard InChI is InChI=1S/C29H29OP.C2H6/c1-28(2)18-22(30)19-29(3,4)31(28)26-17-16-21-11-6-8-14-24(21)27(26)25-15-9-12-20-10-5-7-13-23(20)25;1-2/h5-17H,18-19H2,1-4H3;1-2H3. The molecule has 0 atom stereocenters. The van der Waals surface area contributed by atoms with Crippen molar-refractivity contribution in [3.05, 3.63) is 78.9 Å². The van der Waals surface area contributed by atoms with Gasteiger partial charge >= 0.3 is 0 Å². The highest BCUT2D eigenvalue weighted by molar-refractivity contribution is 7.69. The molecule has 0 aromatic heterocycles. The third kappa shape index (κ3) is 4.24. The zero-order valence-corrected chi connectivity index (χ0v) is 21.7. The van der Waals surface area contributed by atoms with Crippen LogP contribution in [0.1, 0.15) is 54.4 Å². The van der Waals surface area contributed by atoms with Gasteiger partial charge in [-0.15, -0.1) is 0 Å². The van der Waals surface area contributed by atoms with Crippen LogP contribution in [0.3, 0.4) is 0 Å². The van der Waals surface area contributed by atoms with Crippen LogP contribution in [0.4, 0.5) is 0 Å². The van der Waals surface area contributed by atoms with Gasteiger partial charge in [0.2, 0.25) is 0 Å². The molecule has 33 heavy (non-hydrogen) atoms. The number of fused-ring (bicyclic) bond motifs is 2. The molecule has 0 radical (unpaired) electrons. The lowest BCUT2D eigenvalue weighted by Gasteiger charge is -2.50. The van der Waals surface area contributed by atoms with E-state index in [2.05, 4.69) is 107 Å². The zero-order chi connectivity index (χ0) is 23.8. The van der Waals surface area contributed by atoms with Crippen molar-refractivity contribution >= 4 is 40.6 Å². The summed E-state index contributed by atoms with van der Waals surface area (Å²) in [4.78, 5) is 12.6. The fourth-order valence-corrected chi connectivity index (χ4v) is 10.1. The molecular formula is C31H35OP. The van der Waals surface area contributed by atoms with Gasteiger partial charge in [0.25, 0.3) is 0 Å². The Balaban J connectivity index is 0.00000126. The first-order valence-electron chi connectivity index (χ1n) is 12.1. The van der Waals surface area contributed by atoms with Gasteiger partial charge in [0.1, 0.15) is 5.78 Å². The van der Waals surface area contributed by atoms with Crippen LogP contribution in [0.2, 0.25) is 0 Å². The number of hydrogen-bond donors (Lipinski definition) is 0. The topological polar surface area (TPSA) is 17.1 Å². The summed E-state index contributed by atoms with van der Waals surface area (Å²) in [6.07, 6.45) is 1.34. The lowest BCUT2D eigenvalue weighted by atomic mass is 9.93. The Morgan fingerprint density at radius 2 is 1.15 bits per heavy atom. The molecule has 5 rings (SSSR count). The molecule has 1 saturated heterocycles. The maximum Gasteiger partial charge on any atom is 0.134 e. The van der Waals surface area contributed by atoms with E-state index in [0.717, 1.165) is 0 Å². The van der Waals surface area contributed by atoms with Gasteiger partial charge in [0, 0.05) is 12.8 Å². The predicted molar refractivity (Wildman–Crippen MR) is 147 cm³/mol. The molecule has 0 bridgehead atoms. The average molecular weight is 455 g/mol. The van der Waals surface area contributed by atoms with Crippen LogP contribution >= 0.6 is 7.92 Å². The SMILES string of the molecule is CC.CC1(C)CC(=O)CC(C)(C)P1c1ccc2ccccc2c1-c1cccc2ccccc12. The van der Waals surface area contributed by atoms with Gasteiger partial charge in [-0.05, 0) is 48.3 Å². The van der Waals surface area contributed by atoms with Crippen molar-refractivity contribution in [1.29, 1.82) is 0 Å². The zero-order valence-electron chi connectivity index (χ0n) is 20.8. The van der Waals surface area contributed by atoms with E-state index in [9.17, 15) is 4.79 Å². The Labute approximate surface area is 200 Å². The molecule has 170 valence electrons. The lowest BCUT2D eigenvalue weighted by Crippen LogP contribution is -2.43. The first-order valence-corrected chi connectivity index (χ1v) is 13.4. The largest absolute Gasteiger partial charge is 0.300 e. The van der Waals surface area contributed by atoms with Crippen molar-refractivity contribution in [3.63, 3.8) is 0 Å². The van der Waals surface area contributed by atoms with Crippen LogP contribution < -0.4 is 5.30 Å². The van der Waals surface area contributed by atoms with Crippen molar-refractivity contribution in [2.24, 2.45) is 0 Å². The summed E-state index contributed by atoms with van der Waals surface area (Å²) in [5.74, 6) is 0.404. The van der Waals surface area contributed by atoms with Crippen LogP contribution in [-0.4, -0.2) is 16.1 Å². The second-order valence-electron chi connectivity index (χ2n) is 10.1. The highest BCUT2D eigenvalue weighted by Crippen LogP contribution is 2.65. The maximum atomic E-state index is 12.6. The van der Waals surface area contributed by atoms with Gasteiger partial charge in [-0.2, -0.15) is 0 Å². The molecule has 4 aromatic carbocycles. The molecule has 2 heteroatoms.